The van der Waals surface area contributed by atoms with Gasteiger partial charge in [0.1, 0.15) is 0 Å². The van der Waals surface area contributed by atoms with E-state index in [-0.39, 0.29) is 0 Å². The Morgan fingerprint density at radius 3 is 2.38 bits per heavy atom. The Balaban J connectivity index is 2.05. The predicted molar refractivity (Wildman–Crippen MR) is 106 cm³/mol. The second kappa shape index (κ2) is 11.0. The van der Waals surface area contributed by atoms with Crippen LogP contribution in [0.15, 0.2) is 4.99 Å². The van der Waals surface area contributed by atoms with Crippen LogP contribution in [0.25, 0.3) is 0 Å². The third-order valence-electron chi connectivity index (χ3n) is 5.96. The summed E-state index contributed by atoms with van der Waals surface area (Å²) >= 11 is 0. The van der Waals surface area contributed by atoms with Crippen molar-refractivity contribution >= 4 is 5.96 Å². The molecule has 1 N–H and O–H groups in total. The van der Waals surface area contributed by atoms with E-state index in [1.165, 1.54) is 89.4 Å². The molecule has 24 heavy (non-hydrogen) atoms. The minimum Gasteiger partial charge on any atom is -0.354 e. The molecule has 0 aliphatic heterocycles. The van der Waals surface area contributed by atoms with Gasteiger partial charge < -0.3 is 10.2 Å². The van der Waals surface area contributed by atoms with Crippen LogP contribution in [0.4, 0.5) is 0 Å². The van der Waals surface area contributed by atoms with Gasteiger partial charge in [-0.15, -0.1) is 0 Å². The molecule has 3 nitrogen and oxygen atoms in total. The lowest BCUT2D eigenvalue weighted by atomic mass is 9.82. The van der Waals surface area contributed by atoms with E-state index in [0.717, 1.165) is 12.5 Å². The quantitative estimate of drug-likeness (QED) is 0.501. The molecule has 2 aliphatic carbocycles. The van der Waals surface area contributed by atoms with E-state index in [1.54, 1.807) is 0 Å². The van der Waals surface area contributed by atoms with E-state index in [9.17, 15) is 0 Å². The fourth-order valence-corrected chi connectivity index (χ4v) is 4.40. The van der Waals surface area contributed by atoms with Gasteiger partial charge in [-0.2, -0.15) is 0 Å². The van der Waals surface area contributed by atoms with Gasteiger partial charge in [0, 0.05) is 19.6 Å². The molecule has 0 radical (unpaired) electrons. The van der Waals surface area contributed by atoms with Crippen molar-refractivity contribution in [1.82, 2.24) is 10.2 Å². The van der Waals surface area contributed by atoms with Crippen LogP contribution in [0.1, 0.15) is 97.3 Å². The van der Waals surface area contributed by atoms with Gasteiger partial charge in [-0.3, -0.25) is 0 Å². The number of aliphatic imine (C=N–C) groups is 1. The van der Waals surface area contributed by atoms with Crippen molar-refractivity contribution in [2.45, 2.75) is 109 Å². The number of unbranched alkanes of at least 4 members (excludes halogenated alkanes) is 1. The minimum atomic E-state index is 0.550. The van der Waals surface area contributed by atoms with Crippen molar-refractivity contribution < 1.29 is 0 Å². The summed E-state index contributed by atoms with van der Waals surface area (Å²) < 4.78 is 0. The van der Waals surface area contributed by atoms with Crippen molar-refractivity contribution in [1.29, 1.82) is 0 Å². The van der Waals surface area contributed by atoms with Crippen LogP contribution >= 0.6 is 0 Å². The fraction of sp³-hybridized carbons (Fsp3) is 0.952. The van der Waals surface area contributed by atoms with Gasteiger partial charge in [0.25, 0.3) is 0 Å². The summed E-state index contributed by atoms with van der Waals surface area (Å²) in [4.78, 5) is 7.71. The summed E-state index contributed by atoms with van der Waals surface area (Å²) in [5, 5.41) is 3.85. The summed E-state index contributed by atoms with van der Waals surface area (Å²) in [6.45, 7) is 5.72. The van der Waals surface area contributed by atoms with Gasteiger partial charge in [-0.05, 0) is 44.4 Å². The molecule has 0 saturated heterocycles. The molecular formula is C21H41N3. The zero-order valence-electron chi connectivity index (χ0n) is 16.5. The van der Waals surface area contributed by atoms with Crippen molar-refractivity contribution in [3.8, 4) is 0 Å². The second-order valence-corrected chi connectivity index (χ2v) is 8.11. The van der Waals surface area contributed by atoms with Crippen LogP contribution in [0, 0.1) is 5.92 Å². The van der Waals surface area contributed by atoms with Gasteiger partial charge in [-0.1, -0.05) is 58.8 Å². The first kappa shape index (κ1) is 19.6. The second-order valence-electron chi connectivity index (χ2n) is 8.11. The first-order chi connectivity index (χ1) is 11.7. The van der Waals surface area contributed by atoms with Crippen LogP contribution in [-0.4, -0.2) is 36.5 Å². The zero-order chi connectivity index (χ0) is 17.2. The average molecular weight is 336 g/mol. The maximum Gasteiger partial charge on any atom is 0.194 e. The number of guanidine groups is 1. The van der Waals surface area contributed by atoms with Gasteiger partial charge in [0.15, 0.2) is 5.96 Å². The van der Waals surface area contributed by atoms with Crippen LogP contribution in [0.5, 0.6) is 0 Å². The average Bonchev–Trinajstić information content (AvgIpc) is 2.62. The normalized spacial score (nSPS) is 26.4. The van der Waals surface area contributed by atoms with E-state index in [4.69, 9.17) is 4.99 Å². The predicted octanol–water partition coefficient (Wildman–Crippen LogP) is 5.36. The third-order valence-corrected chi connectivity index (χ3v) is 5.96. The van der Waals surface area contributed by atoms with Crippen molar-refractivity contribution in [3.63, 3.8) is 0 Å². The largest absolute Gasteiger partial charge is 0.354 e. The topological polar surface area (TPSA) is 27.6 Å². The molecule has 2 rings (SSSR count). The standard InChI is InChI=1S/C21H41N3/c1-4-6-17-24(3)21(22-19-14-8-7-9-15-19)23-20-16-11-10-13-18(20)12-5-2/h18-20H,4-17H2,1-3H3,(H,22,23). The molecule has 2 aliphatic rings. The van der Waals surface area contributed by atoms with Crippen molar-refractivity contribution in [2.24, 2.45) is 10.9 Å². The molecule has 0 aromatic heterocycles. The number of hydrogen-bond acceptors (Lipinski definition) is 1. The molecule has 0 heterocycles. The van der Waals surface area contributed by atoms with E-state index >= 15 is 0 Å². The molecule has 0 aromatic rings. The zero-order valence-corrected chi connectivity index (χ0v) is 16.5. The fourth-order valence-electron chi connectivity index (χ4n) is 4.40. The molecule has 0 amide bonds. The highest BCUT2D eigenvalue weighted by atomic mass is 15.3. The maximum atomic E-state index is 5.31. The molecule has 140 valence electrons. The van der Waals surface area contributed by atoms with Gasteiger partial charge in [-0.25, -0.2) is 4.99 Å². The van der Waals surface area contributed by atoms with E-state index in [0.29, 0.717) is 12.1 Å². The molecule has 2 fully saturated rings. The maximum absolute atomic E-state index is 5.31. The lowest BCUT2D eigenvalue weighted by Crippen LogP contribution is -2.46. The first-order valence-corrected chi connectivity index (χ1v) is 10.8. The van der Waals surface area contributed by atoms with E-state index in [1.807, 2.05) is 0 Å². The minimum absolute atomic E-state index is 0.550. The highest BCUT2D eigenvalue weighted by Crippen LogP contribution is 2.30. The van der Waals surface area contributed by atoms with Crippen LogP contribution in [0.2, 0.25) is 0 Å². The number of rotatable bonds is 7. The van der Waals surface area contributed by atoms with Crippen LogP contribution in [-0.2, 0) is 0 Å². The van der Waals surface area contributed by atoms with Crippen molar-refractivity contribution in [3.05, 3.63) is 0 Å². The third kappa shape index (κ3) is 6.29. The molecule has 2 atom stereocenters. The molecular weight excluding hydrogens is 294 g/mol. The SMILES string of the molecule is CCCCN(C)C(=NC1CCCCC1CCC)NC1CCCCC1. The molecule has 3 heteroatoms. The molecule has 0 bridgehead atoms. The van der Waals surface area contributed by atoms with Gasteiger partial charge >= 0.3 is 0 Å². The summed E-state index contributed by atoms with van der Waals surface area (Å²) in [7, 11) is 2.24. The molecule has 2 unspecified atom stereocenters. The molecule has 0 aromatic carbocycles. The highest BCUT2D eigenvalue weighted by Gasteiger charge is 2.26. The van der Waals surface area contributed by atoms with E-state index in [2.05, 4.69) is 31.1 Å². The highest BCUT2D eigenvalue weighted by molar-refractivity contribution is 5.80. The number of nitrogens with zero attached hydrogens (tertiary/aromatic N) is 2. The Hall–Kier alpha value is -0.730. The Bertz CT molecular complexity index is 358. The Morgan fingerprint density at radius 2 is 1.67 bits per heavy atom. The Morgan fingerprint density at radius 1 is 0.958 bits per heavy atom. The summed E-state index contributed by atoms with van der Waals surface area (Å²) in [5.74, 6) is 2.01. The lowest BCUT2D eigenvalue weighted by molar-refractivity contribution is 0.286. The summed E-state index contributed by atoms with van der Waals surface area (Å²) in [5.41, 5.74) is 0. The van der Waals surface area contributed by atoms with Crippen LogP contribution < -0.4 is 5.32 Å². The summed E-state index contributed by atoms with van der Waals surface area (Å²) in [6.07, 6.45) is 17.4. The molecule has 2 saturated carbocycles. The Kier molecular flexibility index (Phi) is 8.98. The van der Waals surface area contributed by atoms with Crippen molar-refractivity contribution in [2.75, 3.05) is 13.6 Å². The smallest absolute Gasteiger partial charge is 0.194 e. The van der Waals surface area contributed by atoms with Crippen LogP contribution in [0.3, 0.4) is 0 Å². The summed E-state index contributed by atoms with van der Waals surface area (Å²) in [6, 6.07) is 1.20. The monoisotopic (exact) mass is 335 g/mol. The molecule has 0 spiro atoms. The first-order valence-electron chi connectivity index (χ1n) is 10.8. The van der Waals surface area contributed by atoms with Gasteiger partial charge in [0.2, 0.25) is 0 Å². The lowest BCUT2D eigenvalue weighted by Gasteiger charge is -2.33. The number of nitrogens with one attached hydrogen (secondary N) is 1. The number of hydrogen-bond donors (Lipinski definition) is 1. The van der Waals surface area contributed by atoms with Gasteiger partial charge in [0.05, 0.1) is 6.04 Å². The van der Waals surface area contributed by atoms with E-state index < -0.39 is 0 Å². The Labute approximate surface area is 150 Å².